The topological polar surface area (TPSA) is 103 Å². The van der Waals surface area contributed by atoms with Gasteiger partial charge >= 0.3 is 35.5 Å². The Bertz CT molecular complexity index is 1770. The van der Waals surface area contributed by atoms with E-state index in [0.29, 0.717) is 24.7 Å². The summed E-state index contributed by atoms with van der Waals surface area (Å²) in [6.07, 6.45) is 0.0674. The van der Waals surface area contributed by atoms with Crippen LogP contribution in [-0.4, -0.2) is 56.8 Å². The van der Waals surface area contributed by atoms with Gasteiger partial charge in [0.2, 0.25) is 0 Å². The predicted molar refractivity (Wildman–Crippen MR) is 171 cm³/mol. The number of rotatable bonds is 11. The van der Waals surface area contributed by atoms with E-state index in [9.17, 15) is 4.79 Å². The van der Waals surface area contributed by atoms with Crippen LogP contribution in [0.5, 0.6) is 11.5 Å². The Kier molecular flexibility index (Phi) is 10.2. The van der Waals surface area contributed by atoms with Crippen LogP contribution in [0, 0.1) is 0 Å². The average molecular weight is 594 g/mol. The van der Waals surface area contributed by atoms with Crippen LogP contribution in [0.15, 0.2) is 126 Å². The molecular formula is C35H28N3NaO5. The monoisotopic (exact) mass is 593 g/mol. The van der Waals surface area contributed by atoms with Crippen molar-refractivity contribution in [2.75, 3.05) is 0 Å². The van der Waals surface area contributed by atoms with Crippen molar-refractivity contribution in [3.05, 3.63) is 144 Å². The number of carbonyl (C=O) groups is 1. The van der Waals surface area contributed by atoms with Crippen molar-refractivity contribution in [2.24, 2.45) is 5.16 Å². The molecule has 0 atom stereocenters. The number of aliphatic carboxylic acids is 1. The van der Waals surface area contributed by atoms with Gasteiger partial charge in [-0.05, 0) is 59.7 Å². The van der Waals surface area contributed by atoms with E-state index in [2.05, 4.69) is 15.1 Å². The second kappa shape index (κ2) is 14.6. The van der Waals surface area contributed by atoms with Crippen molar-refractivity contribution < 1.29 is 24.2 Å². The SMILES string of the molecule is O=C(O)C=NOC(c1ccc(OCc2ccc3ccccc3n2)cc1)c1ccc(OCc2ccc3ccccc3n2)cc1.[NaH]. The van der Waals surface area contributed by atoms with Crippen LogP contribution in [0.4, 0.5) is 0 Å². The molecule has 2 aromatic heterocycles. The Morgan fingerprint density at radius 3 is 1.57 bits per heavy atom. The number of para-hydroxylation sites is 2. The molecule has 4 aromatic carbocycles. The summed E-state index contributed by atoms with van der Waals surface area (Å²) < 4.78 is 11.9. The number of carboxylic acids is 1. The molecule has 0 aliphatic rings. The second-order valence-electron chi connectivity index (χ2n) is 9.76. The van der Waals surface area contributed by atoms with E-state index in [4.69, 9.17) is 19.4 Å². The summed E-state index contributed by atoms with van der Waals surface area (Å²) in [7, 11) is 0. The fourth-order valence-electron chi connectivity index (χ4n) is 4.62. The van der Waals surface area contributed by atoms with E-state index in [1.165, 1.54) is 0 Å². The summed E-state index contributed by atoms with van der Waals surface area (Å²) in [6.45, 7) is 0.645. The molecule has 214 valence electrons. The number of nitrogens with zero attached hydrogens (tertiary/aromatic N) is 3. The van der Waals surface area contributed by atoms with Crippen LogP contribution in [0.2, 0.25) is 0 Å². The molecule has 0 bridgehead atoms. The molecule has 44 heavy (non-hydrogen) atoms. The number of hydrogen-bond donors (Lipinski definition) is 1. The zero-order chi connectivity index (χ0) is 29.4. The van der Waals surface area contributed by atoms with Crippen molar-refractivity contribution in [1.82, 2.24) is 9.97 Å². The molecule has 0 aliphatic carbocycles. The molecule has 1 N–H and O–H groups in total. The van der Waals surface area contributed by atoms with Gasteiger partial charge in [0.25, 0.3) is 0 Å². The molecular weight excluding hydrogens is 565 g/mol. The minimum absolute atomic E-state index is 0. The van der Waals surface area contributed by atoms with Gasteiger partial charge in [-0.15, -0.1) is 0 Å². The molecule has 6 rings (SSSR count). The molecule has 0 amide bonds. The first-order chi connectivity index (χ1) is 21.1. The maximum atomic E-state index is 11.0. The van der Waals surface area contributed by atoms with Crippen LogP contribution in [0.1, 0.15) is 28.6 Å². The molecule has 0 radical (unpaired) electrons. The van der Waals surface area contributed by atoms with Gasteiger partial charge in [-0.25, -0.2) is 14.8 Å². The normalized spacial score (nSPS) is 11.0. The third kappa shape index (κ3) is 7.79. The van der Waals surface area contributed by atoms with Crippen molar-refractivity contribution >= 4 is 63.5 Å². The van der Waals surface area contributed by atoms with Crippen molar-refractivity contribution in [1.29, 1.82) is 0 Å². The number of pyridine rings is 2. The molecule has 0 saturated heterocycles. The molecule has 0 fully saturated rings. The number of benzene rings is 4. The molecule has 9 heteroatoms. The quantitative estimate of drug-likeness (QED) is 0.104. The van der Waals surface area contributed by atoms with Gasteiger partial charge in [0, 0.05) is 10.8 Å². The number of carboxylic acid groups (broad SMARTS) is 1. The minimum atomic E-state index is -1.20. The fourth-order valence-corrected chi connectivity index (χ4v) is 4.62. The molecule has 8 nitrogen and oxygen atoms in total. The Labute approximate surface area is 276 Å². The molecule has 0 spiro atoms. The van der Waals surface area contributed by atoms with E-state index >= 15 is 0 Å². The first-order valence-corrected chi connectivity index (χ1v) is 13.7. The van der Waals surface area contributed by atoms with Gasteiger partial charge in [-0.3, -0.25) is 0 Å². The third-order valence-electron chi connectivity index (χ3n) is 6.78. The maximum absolute atomic E-state index is 11.0. The van der Waals surface area contributed by atoms with Gasteiger partial charge in [0.1, 0.15) is 24.7 Å². The second-order valence-corrected chi connectivity index (χ2v) is 9.76. The van der Waals surface area contributed by atoms with E-state index in [-0.39, 0.29) is 29.6 Å². The Balaban J connectivity index is 0.00000384. The predicted octanol–water partition coefficient (Wildman–Crippen LogP) is 6.47. The third-order valence-corrected chi connectivity index (χ3v) is 6.78. The van der Waals surface area contributed by atoms with Gasteiger partial charge in [-0.1, -0.05) is 78.0 Å². The summed E-state index contributed by atoms with van der Waals surface area (Å²) in [5.41, 5.74) is 5.03. The van der Waals surface area contributed by atoms with Crippen molar-refractivity contribution in [2.45, 2.75) is 19.3 Å². The van der Waals surface area contributed by atoms with Crippen molar-refractivity contribution in [3.63, 3.8) is 0 Å². The first kappa shape index (κ1) is 30.7. The molecule has 2 heterocycles. The summed E-state index contributed by atoms with van der Waals surface area (Å²) in [4.78, 5) is 25.9. The number of ether oxygens (including phenoxy) is 2. The van der Waals surface area contributed by atoms with Crippen LogP contribution in [-0.2, 0) is 22.8 Å². The van der Waals surface area contributed by atoms with Gasteiger partial charge in [-0.2, -0.15) is 0 Å². The standard InChI is InChI=1S/C35H27N3O5.Na.H/c39-34(40)21-36-43-35(26-11-17-30(18-12-26)41-22-28-15-9-24-5-1-3-7-32(24)37-28)27-13-19-31(20-14-27)42-23-29-16-10-25-6-2-4-8-33(25)38-29;;/h1-21,35H,22-23H2,(H,39,40);;. The van der Waals surface area contributed by atoms with E-state index < -0.39 is 12.1 Å². The average Bonchev–Trinajstić information content (AvgIpc) is 3.05. The van der Waals surface area contributed by atoms with Gasteiger partial charge in [0.15, 0.2) is 12.3 Å². The van der Waals surface area contributed by atoms with Crippen molar-refractivity contribution in [3.8, 4) is 11.5 Å². The summed E-state index contributed by atoms with van der Waals surface area (Å²) in [5.74, 6) is 0.130. The number of aromatic nitrogens is 2. The fraction of sp³-hybridized carbons (Fsp3) is 0.0857. The number of hydrogen-bond acceptors (Lipinski definition) is 7. The Hall–Kier alpha value is -4.76. The summed E-state index contributed by atoms with van der Waals surface area (Å²) in [6, 6.07) is 38.6. The number of oxime groups is 1. The Morgan fingerprint density at radius 1 is 0.659 bits per heavy atom. The van der Waals surface area contributed by atoms with Crippen LogP contribution >= 0.6 is 0 Å². The summed E-state index contributed by atoms with van der Waals surface area (Å²) in [5, 5.41) is 14.8. The van der Waals surface area contributed by atoms with Gasteiger partial charge in [0.05, 0.1) is 22.4 Å². The molecule has 0 unspecified atom stereocenters. The van der Waals surface area contributed by atoms with Crippen LogP contribution in [0.3, 0.4) is 0 Å². The molecule has 0 aliphatic heterocycles. The van der Waals surface area contributed by atoms with E-state index in [0.717, 1.165) is 50.5 Å². The van der Waals surface area contributed by atoms with E-state index in [1.807, 2.05) is 121 Å². The van der Waals surface area contributed by atoms with E-state index in [1.54, 1.807) is 0 Å². The summed E-state index contributed by atoms with van der Waals surface area (Å²) >= 11 is 0. The molecule has 6 aromatic rings. The first-order valence-electron chi connectivity index (χ1n) is 13.7. The number of fused-ring (bicyclic) bond motifs is 2. The van der Waals surface area contributed by atoms with Gasteiger partial charge < -0.3 is 19.4 Å². The molecule has 0 saturated carbocycles. The van der Waals surface area contributed by atoms with Crippen LogP contribution in [0.25, 0.3) is 21.8 Å². The zero-order valence-corrected chi connectivity index (χ0v) is 23.0. The van der Waals surface area contributed by atoms with Crippen LogP contribution < -0.4 is 9.47 Å². The zero-order valence-electron chi connectivity index (χ0n) is 23.0. The Morgan fingerprint density at radius 2 is 1.11 bits per heavy atom.